The molecule has 1 N–H and O–H groups in total. The van der Waals surface area contributed by atoms with Crippen molar-refractivity contribution in [1.29, 1.82) is 0 Å². The van der Waals surface area contributed by atoms with Crippen molar-refractivity contribution in [3.05, 3.63) is 49.0 Å². The van der Waals surface area contributed by atoms with Crippen LogP contribution in [0.2, 0.25) is 0 Å². The van der Waals surface area contributed by atoms with Gasteiger partial charge in [-0.3, -0.25) is 9.59 Å². The largest absolute Gasteiger partial charge is 0.487 e. The predicted octanol–water partition coefficient (Wildman–Crippen LogP) is 3.01. The van der Waals surface area contributed by atoms with E-state index >= 15 is 0 Å². The zero-order valence-corrected chi connectivity index (χ0v) is 28.0. The molecule has 0 aliphatic rings. The number of azide groups is 3. The number of carboxylic acids is 1. The third-order valence-corrected chi connectivity index (χ3v) is 5.74. The lowest BCUT2D eigenvalue weighted by atomic mass is 10.1. The Hall–Kier alpha value is -4.75. The van der Waals surface area contributed by atoms with E-state index in [4.69, 9.17) is 59.2 Å². The van der Waals surface area contributed by atoms with Crippen molar-refractivity contribution < 1.29 is 57.3 Å². The summed E-state index contributed by atoms with van der Waals surface area (Å²) in [5.74, 6) is -1.34. The third kappa shape index (κ3) is 22.0. The highest BCUT2D eigenvalue weighted by Crippen LogP contribution is 2.39. The maximum absolute atomic E-state index is 13.2. The number of carbonyl (C=O) groups excluding carboxylic acids is 1. The van der Waals surface area contributed by atoms with Crippen LogP contribution in [0.4, 0.5) is 0 Å². The molecular formula is C28H44N10O12. The first-order valence-corrected chi connectivity index (χ1v) is 15.5. The molecule has 0 unspecified atom stereocenters. The number of hydrogen-bond acceptors (Lipinski definition) is 14. The number of carbonyl (C=O) groups is 2. The number of rotatable bonds is 33. The van der Waals surface area contributed by atoms with Crippen molar-refractivity contribution in [2.24, 2.45) is 15.3 Å². The summed E-state index contributed by atoms with van der Waals surface area (Å²) in [5, 5.41) is 19.3. The molecule has 1 rings (SSSR count). The van der Waals surface area contributed by atoms with Crippen molar-refractivity contribution in [3.63, 3.8) is 0 Å². The molecule has 0 aliphatic carbocycles. The molecule has 0 aliphatic heterocycles. The summed E-state index contributed by atoms with van der Waals surface area (Å²) in [6.45, 7) is 3.08. The first kappa shape index (κ1) is 43.3. The number of likely N-dealkylation sites (N-methyl/N-ethyl adjacent to an activating group) is 1. The molecule has 0 aromatic heterocycles. The molecule has 50 heavy (non-hydrogen) atoms. The van der Waals surface area contributed by atoms with Gasteiger partial charge in [-0.05, 0) is 28.7 Å². The summed E-state index contributed by atoms with van der Waals surface area (Å²) in [7, 11) is 1.35. The molecule has 0 fully saturated rings. The smallest absolute Gasteiger partial charge is 0.323 e. The third-order valence-electron chi connectivity index (χ3n) is 5.74. The molecule has 0 spiro atoms. The van der Waals surface area contributed by atoms with Crippen molar-refractivity contribution in [3.8, 4) is 17.2 Å². The Morgan fingerprint density at radius 3 is 1.30 bits per heavy atom. The summed E-state index contributed by atoms with van der Waals surface area (Å²) < 4.78 is 50.4. The molecular weight excluding hydrogens is 668 g/mol. The lowest BCUT2D eigenvalue weighted by Gasteiger charge is -2.20. The van der Waals surface area contributed by atoms with E-state index in [2.05, 4.69) is 30.1 Å². The van der Waals surface area contributed by atoms with Crippen LogP contribution in [0.15, 0.2) is 27.5 Å². The van der Waals surface area contributed by atoms with Gasteiger partial charge < -0.3 is 52.6 Å². The number of aliphatic carboxylic acids is 1. The van der Waals surface area contributed by atoms with E-state index in [1.165, 1.54) is 19.2 Å². The quantitative estimate of drug-likeness (QED) is 0.0476. The molecule has 1 amide bonds. The van der Waals surface area contributed by atoms with Gasteiger partial charge in [0, 0.05) is 47.0 Å². The molecule has 0 bridgehead atoms. The zero-order valence-electron chi connectivity index (χ0n) is 28.0. The number of nitrogens with zero attached hydrogens (tertiary/aromatic N) is 10. The van der Waals surface area contributed by atoms with Crippen molar-refractivity contribution >= 4 is 11.9 Å². The van der Waals surface area contributed by atoms with Crippen LogP contribution in [-0.2, 0) is 33.2 Å². The zero-order chi connectivity index (χ0) is 36.5. The minimum Gasteiger partial charge on any atom is -0.487 e. The van der Waals surface area contributed by atoms with Crippen LogP contribution >= 0.6 is 0 Å². The monoisotopic (exact) mass is 712 g/mol. The average Bonchev–Trinajstić information content (AvgIpc) is 3.10. The van der Waals surface area contributed by atoms with Gasteiger partial charge in [-0.1, -0.05) is 15.3 Å². The van der Waals surface area contributed by atoms with Crippen LogP contribution in [0.3, 0.4) is 0 Å². The lowest BCUT2D eigenvalue weighted by molar-refractivity contribution is -0.137. The predicted molar refractivity (Wildman–Crippen MR) is 174 cm³/mol. The van der Waals surface area contributed by atoms with Crippen molar-refractivity contribution in [2.45, 2.75) is 0 Å². The first-order valence-electron chi connectivity index (χ1n) is 15.5. The van der Waals surface area contributed by atoms with Crippen molar-refractivity contribution in [2.75, 3.05) is 132 Å². The average molecular weight is 713 g/mol. The second-order valence-corrected chi connectivity index (χ2v) is 9.44. The van der Waals surface area contributed by atoms with Crippen LogP contribution in [0, 0.1) is 0 Å². The Morgan fingerprint density at radius 1 is 0.600 bits per heavy atom. The maximum Gasteiger partial charge on any atom is 0.323 e. The Bertz CT molecular complexity index is 1200. The minimum absolute atomic E-state index is 0.0452. The normalized spacial score (nSPS) is 10.3. The fourth-order valence-corrected chi connectivity index (χ4v) is 3.59. The molecule has 0 saturated heterocycles. The van der Waals surface area contributed by atoms with Gasteiger partial charge in [0.25, 0.3) is 5.91 Å². The van der Waals surface area contributed by atoms with Gasteiger partial charge in [0.15, 0.2) is 11.5 Å². The summed E-state index contributed by atoms with van der Waals surface area (Å²) in [6, 6.07) is 2.84. The van der Waals surface area contributed by atoms with Gasteiger partial charge in [-0.2, -0.15) is 0 Å². The number of hydrogen-bond donors (Lipinski definition) is 1. The van der Waals surface area contributed by atoms with E-state index < -0.39 is 18.4 Å². The molecule has 22 nitrogen and oxygen atoms in total. The molecule has 0 radical (unpaired) electrons. The van der Waals surface area contributed by atoms with Crippen LogP contribution in [-0.4, -0.2) is 154 Å². The lowest BCUT2D eigenvalue weighted by Crippen LogP contribution is -2.32. The Kier molecular flexibility index (Phi) is 26.2. The molecule has 22 heteroatoms. The van der Waals surface area contributed by atoms with Gasteiger partial charge in [-0.25, -0.2) is 0 Å². The van der Waals surface area contributed by atoms with Gasteiger partial charge in [0.2, 0.25) is 5.75 Å². The summed E-state index contributed by atoms with van der Waals surface area (Å²) in [6.07, 6.45) is 0. The highest BCUT2D eigenvalue weighted by Gasteiger charge is 2.22. The van der Waals surface area contributed by atoms with Crippen LogP contribution in [0.5, 0.6) is 17.2 Å². The summed E-state index contributed by atoms with van der Waals surface area (Å²) in [4.78, 5) is 33.4. The highest BCUT2D eigenvalue weighted by atomic mass is 16.6. The van der Waals surface area contributed by atoms with E-state index in [1.54, 1.807) is 0 Å². The van der Waals surface area contributed by atoms with E-state index in [0.29, 0.717) is 0 Å². The first-order chi connectivity index (χ1) is 24.4. The Labute approximate surface area is 288 Å². The topological polar surface area (TPSA) is 287 Å². The molecule has 0 saturated carbocycles. The van der Waals surface area contributed by atoms with Gasteiger partial charge in [-0.15, -0.1) is 0 Å². The van der Waals surface area contributed by atoms with E-state index in [0.717, 1.165) is 4.90 Å². The number of carboxylic acid groups (broad SMARTS) is 1. The second-order valence-electron chi connectivity index (χ2n) is 9.44. The second kappa shape index (κ2) is 30.3. The number of benzene rings is 1. The number of amides is 1. The van der Waals surface area contributed by atoms with Crippen LogP contribution < -0.4 is 14.2 Å². The fourth-order valence-electron chi connectivity index (χ4n) is 3.59. The molecule has 0 heterocycles. The Morgan fingerprint density at radius 2 is 0.940 bits per heavy atom. The number of ether oxygens (including phenoxy) is 9. The maximum atomic E-state index is 13.2. The summed E-state index contributed by atoms with van der Waals surface area (Å²) >= 11 is 0. The molecule has 278 valence electrons. The molecule has 1 aromatic carbocycles. The SMILES string of the molecule is CN(CC(=O)O)C(=O)c1cc(OCCOCCOCCN=[N+]=[N-])c(OCCOCCOCCN=[N+]=[N-])c(OCCOCCOCCN=[N+]=[N-])c1. The molecule has 0 atom stereocenters. The minimum atomic E-state index is -1.19. The fraction of sp³-hybridized carbons (Fsp3) is 0.714. The van der Waals surface area contributed by atoms with Crippen LogP contribution in [0.25, 0.3) is 31.3 Å². The standard InChI is InChI=1S/C28H44N10O12/c1-38(22-26(39)40)28(41)23-20-24(48-17-14-45-11-8-42-5-2-32-35-29)27(50-19-16-47-13-10-44-7-4-34-37-31)25(21-23)49-18-15-46-12-9-43-6-3-33-36-30/h20-21H,2-19,22H2,1H3,(H,39,40). The van der Waals surface area contributed by atoms with E-state index in [9.17, 15) is 14.7 Å². The summed E-state index contributed by atoms with van der Waals surface area (Å²) in [5.41, 5.74) is 25.0. The van der Waals surface area contributed by atoms with E-state index in [1.807, 2.05) is 0 Å². The molecule has 1 aromatic rings. The van der Waals surface area contributed by atoms with Crippen molar-refractivity contribution in [1.82, 2.24) is 4.90 Å². The van der Waals surface area contributed by atoms with Gasteiger partial charge >= 0.3 is 5.97 Å². The van der Waals surface area contributed by atoms with Gasteiger partial charge in [0.1, 0.15) is 26.4 Å². The van der Waals surface area contributed by atoms with Gasteiger partial charge in [0.05, 0.1) is 79.3 Å². The Balaban J connectivity index is 2.96. The van der Waals surface area contributed by atoms with Crippen LogP contribution in [0.1, 0.15) is 10.4 Å². The highest BCUT2D eigenvalue weighted by molar-refractivity contribution is 5.97. The van der Waals surface area contributed by atoms with E-state index in [-0.39, 0.29) is 142 Å².